The lowest BCUT2D eigenvalue weighted by atomic mass is 10.0. The van der Waals surface area contributed by atoms with Gasteiger partial charge in [0.25, 0.3) is 0 Å². The third-order valence-electron chi connectivity index (χ3n) is 2.56. The zero-order valence-corrected chi connectivity index (χ0v) is 10.9. The fraction of sp³-hybridized carbons (Fsp3) is 0.231. The first-order chi connectivity index (χ1) is 8.06. The minimum Gasteiger partial charge on any atom is -0.469 e. The van der Waals surface area contributed by atoms with Crippen molar-refractivity contribution in [3.8, 4) is 0 Å². The second-order valence-electron chi connectivity index (χ2n) is 3.95. The van der Waals surface area contributed by atoms with Crippen LogP contribution in [0.4, 0.5) is 4.39 Å². The molecule has 90 valence electrons. The molecule has 4 heteroatoms. The van der Waals surface area contributed by atoms with Crippen LogP contribution < -0.4 is 0 Å². The molecule has 2 rings (SSSR count). The standard InChI is InChI=1S/C13H12BrFO2/c1-8-4-10(7-17-8)13(16)6-9-5-11(14)2-3-12(9)15/h2-5,7,13,16H,6H2,1H3. The molecule has 1 N–H and O–H groups in total. The van der Waals surface area contributed by atoms with Gasteiger partial charge in [-0.05, 0) is 36.8 Å². The van der Waals surface area contributed by atoms with Gasteiger partial charge in [0.15, 0.2) is 0 Å². The maximum Gasteiger partial charge on any atom is 0.126 e. The SMILES string of the molecule is Cc1cc(C(O)Cc2cc(Br)ccc2F)co1. The van der Waals surface area contributed by atoms with Gasteiger partial charge >= 0.3 is 0 Å². The zero-order valence-electron chi connectivity index (χ0n) is 9.28. The van der Waals surface area contributed by atoms with Crippen LogP contribution in [0, 0.1) is 12.7 Å². The van der Waals surface area contributed by atoms with E-state index in [4.69, 9.17) is 4.42 Å². The van der Waals surface area contributed by atoms with Gasteiger partial charge in [0, 0.05) is 16.5 Å². The highest BCUT2D eigenvalue weighted by Gasteiger charge is 2.13. The van der Waals surface area contributed by atoms with Crippen LogP contribution in [0.5, 0.6) is 0 Å². The van der Waals surface area contributed by atoms with Crippen molar-refractivity contribution in [2.24, 2.45) is 0 Å². The molecular weight excluding hydrogens is 287 g/mol. The zero-order chi connectivity index (χ0) is 12.4. The summed E-state index contributed by atoms with van der Waals surface area (Å²) in [5, 5.41) is 9.96. The second-order valence-corrected chi connectivity index (χ2v) is 4.86. The Hall–Kier alpha value is -1.13. The highest BCUT2D eigenvalue weighted by atomic mass is 79.9. The number of hydrogen-bond donors (Lipinski definition) is 1. The summed E-state index contributed by atoms with van der Waals surface area (Å²) in [5.41, 5.74) is 1.15. The van der Waals surface area contributed by atoms with Gasteiger partial charge < -0.3 is 9.52 Å². The predicted octanol–water partition coefficient (Wildman–Crippen LogP) is 3.77. The molecule has 1 heterocycles. The lowest BCUT2D eigenvalue weighted by molar-refractivity contribution is 0.176. The molecule has 1 atom stereocenters. The maximum atomic E-state index is 13.5. The first kappa shape index (κ1) is 12.3. The minimum absolute atomic E-state index is 0.226. The summed E-state index contributed by atoms with van der Waals surface area (Å²) in [6.45, 7) is 1.80. The van der Waals surface area contributed by atoms with Crippen molar-refractivity contribution in [3.63, 3.8) is 0 Å². The van der Waals surface area contributed by atoms with E-state index in [9.17, 15) is 9.50 Å². The smallest absolute Gasteiger partial charge is 0.126 e. The van der Waals surface area contributed by atoms with Gasteiger partial charge in [-0.15, -0.1) is 0 Å². The van der Waals surface area contributed by atoms with Gasteiger partial charge in [0.2, 0.25) is 0 Å². The Bertz CT molecular complexity index is 522. The third kappa shape index (κ3) is 2.96. The van der Waals surface area contributed by atoms with Crippen LogP contribution in [-0.4, -0.2) is 5.11 Å². The molecule has 0 fully saturated rings. The van der Waals surface area contributed by atoms with E-state index in [2.05, 4.69) is 15.9 Å². The van der Waals surface area contributed by atoms with E-state index in [-0.39, 0.29) is 12.2 Å². The summed E-state index contributed by atoms with van der Waals surface area (Å²) in [5.74, 6) is 0.418. The molecule has 0 aliphatic heterocycles. The van der Waals surface area contributed by atoms with Crippen molar-refractivity contribution >= 4 is 15.9 Å². The quantitative estimate of drug-likeness (QED) is 0.936. The Morgan fingerprint density at radius 3 is 2.82 bits per heavy atom. The van der Waals surface area contributed by atoms with E-state index in [1.807, 2.05) is 0 Å². The van der Waals surface area contributed by atoms with Gasteiger partial charge in [0.1, 0.15) is 11.6 Å². The second kappa shape index (κ2) is 5.02. The number of furan rings is 1. The lowest BCUT2D eigenvalue weighted by Crippen LogP contribution is -2.02. The molecule has 0 radical (unpaired) electrons. The molecule has 2 aromatic rings. The summed E-state index contributed by atoms with van der Waals surface area (Å²) >= 11 is 3.28. The fourth-order valence-electron chi connectivity index (χ4n) is 1.66. The van der Waals surface area contributed by atoms with Gasteiger partial charge in [-0.2, -0.15) is 0 Å². The van der Waals surface area contributed by atoms with Crippen molar-refractivity contribution in [3.05, 3.63) is 57.7 Å². The molecule has 1 aromatic carbocycles. The van der Waals surface area contributed by atoms with E-state index < -0.39 is 6.10 Å². The van der Waals surface area contributed by atoms with Crippen LogP contribution in [0.2, 0.25) is 0 Å². The summed E-state index contributed by atoms with van der Waals surface area (Å²) in [4.78, 5) is 0. The monoisotopic (exact) mass is 298 g/mol. The van der Waals surface area contributed by atoms with Crippen LogP contribution in [0.25, 0.3) is 0 Å². The number of halogens is 2. The van der Waals surface area contributed by atoms with E-state index in [0.717, 1.165) is 10.2 Å². The Morgan fingerprint density at radius 2 is 2.18 bits per heavy atom. The summed E-state index contributed by atoms with van der Waals surface area (Å²) in [6, 6.07) is 6.44. The summed E-state index contributed by atoms with van der Waals surface area (Å²) < 4.78 is 19.4. The topological polar surface area (TPSA) is 33.4 Å². The predicted molar refractivity (Wildman–Crippen MR) is 66.2 cm³/mol. The van der Waals surface area contributed by atoms with Crippen LogP contribution >= 0.6 is 15.9 Å². The summed E-state index contributed by atoms with van der Waals surface area (Å²) in [7, 11) is 0. The molecule has 0 spiro atoms. The highest BCUT2D eigenvalue weighted by Crippen LogP contribution is 2.23. The summed E-state index contributed by atoms with van der Waals surface area (Å²) in [6.07, 6.45) is 0.969. The third-order valence-corrected chi connectivity index (χ3v) is 3.05. The number of aliphatic hydroxyl groups is 1. The molecule has 1 aromatic heterocycles. The molecule has 0 amide bonds. The molecule has 2 nitrogen and oxygen atoms in total. The highest BCUT2D eigenvalue weighted by molar-refractivity contribution is 9.10. The molecule has 1 unspecified atom stereocenters. The number of aliphatic hydroxyl groups excluding tert-OH is 1. The number of benzene rings is 1. The molecule has 0 bridgehead atoms. The fourth-order valence-corrected chi connectivity index (χ4v) is 2.07. The first-order valence-corrected chi connectivity index (χ1v) is 6.02. The maximum absolute atomic E-state index is 13.5. The van der Waals surface area contributed by atoms with Crippen LogP contribution in [0.1, 0.15) is 23.0 Å². The molecule has 17 heavy (non-hydrogen) atoms. The van der Waals surface area contributed by atoms with Crippen molar-refractivity contribution < 1.29 is 13.9 Å². The average molecular weight is 299 g/mol. The van der Waals surface area contributed by atoms with E-state index in [1.54, 1.807) is 25.1 Å². The van der Waals surface area contributed by atoms with Crippen LogP contribution in [-0.2, 0) is 6.42 Å². The Labute approximate surface area is 107 Å². The van der Waals surface area contributed by atoms with Crippen molar-refractivity contribution in [2.75, 3.05) is 0 Å². The van der Waals surface area contributed by atoms with Crippen LogP contribution in [0.15, 0.2) is 39.4 Å². The molecule has 0 aliphatic rings. The Morgan fingerprint density at radius 1 is 1.41 bits per heavy atom. The van der Waals surface area contributed by atoms with Gasteiger partial charge in [-0.3, -0.25) is 0 Å². The first-order valence-electron chi connectivity index (χ1n) is 5.23. The van der Waals surface area contributed by atoms with Gasteiger partial charge in [-0.25, -0.2) is 4.39 Å². The van der Waals surface area contributed by atoms with E-state index in [1.165, 1.54) is 12.3 Å². The lowest BCUT2D eigenvalue weighted by Gasteiger charge is -2.09. The normalized spacial score (nSPS) is 12.7. The molecule has 0 saturated carbocycles. The van der Waals surface area contributed by atoms with Crippen molar-refractivity contribution in [2.45, 2.75) is 19.4 Å². The van der Waals surface area contributed by atoms with E-state index >= 15 is 0 Å². The Balaban J connectivity index is 2.18. The van der Waals surface area contributed by atoms with Gasteiger partial charge in [0.05, 0.1) is 12.4 Å². The number of rotatable bonds is 3. The largest absolute Gasteiger partial charge is 0.469 e. The van der Waals surface area contributed by atoms with Crippen molar-refractivity contribution in [1.82, 2.24) is 0 Å². The molecular formula is C13H12BrFO2. The number of hydrogen-bond acceptors (Lipinski definition) is 2. The van der Waals surface area contributed by atoms with Gasteiger partial charge in [-0.1, -0.05) is 15.9 Å². The van der Waals surface area contributed by atoms with Crippen LogP contribution in [0.3, 0.4) is 0 Å². The molecule has 0 saturated heterocycles. The molecule has 0 aliphatic carbocycles. The average Bonchev–Trinajstić information content (AvgIpc) is 2.70. The Kier molecular flexibility index (Phi) is 3.64. The van der Waals surface area contributed by atoms with E-state index in [0.29, 0.717) is 11.1 Å². The minimum atomic E-state index is -0.753. The number of aryl methyl sites for hydroxylation is 1. The van der Waals surface area contributed by atoms with Crippen molar-refractivity contribution in [1.29, 1.82) is 0 Å².